The van der Waals surface area contributed by atoms with Crippen molar-refractivity contribution in [3.8, 4) is 0 Å². The van der Waals surface area contributed by atoms with Crippen molar-refractivity contribution < 1.29 is 9.59 Å². The molecule has 0 aliphatic carbocycles. The Balaban J connectivity index is 1.61. The van der Waals surface area contributed by atoms with Gasteiger partial charge in [-0.3, -0.25) is 9.59 Å². The first-order chi connectivity index (χ1) is 16.1. The molecule has 176 valence electrons. The fourth-order valence-corrected chi connectivity index (χ4v) is 5.83. The number of allylic oxidation sites excluding steroid dienone is 2. The Morgan fingerprint density at radius 1 is 1.15 bits per heavy atom. The average molecular weight is 458 g/mol. The molecule has 2 fully saturated rings. The topological polar surface area (TPSA) is 90.1 Å². The van der Waals surface area contributed by atoms with Crippen molar-refractivity contribution >= 4 is 23.6 Å². The van der Waals surface area contributed by atoms with Gasteiger partial charge in [0.05, 0.1) is 17.7 Å². The Morgan fingerprint density at radius 3 is 2.59 bits per heavy atom. The van der Waals surface area contributed by atoms with Gasteiger partial charge in [0, 0.05) is 16.5 Å². The summed E-state index contributed by atoms with van der Waals surface area (Å²) in [6, 6.07) is 7.54. The van der Waals surface area contributed by atoms with Crippen LogP contribution in [0.15, 0.2) is 61.6 Å². The molecule has 3 atom stereocenters. The number of imidazole rings is 1. The Hall–Kier alpha value is -3.61. The maximum atomic E-state index is 13.9. The summed E-state index contributed by atoms with van der Waals surface area (Å²) in [6.07, 6.45) is 7.17. The van der Waals surface area contributed by atoms with Gasteiger partial charge >= 0.3 is 0 Å². The molecule has 3 aliphatic rings. The quantitative estimate of drug-likeness (QED) is 0.470. The number of hydrogen-bond donors (Lipinski definition) is 3. The fourth-order valence-electron chi connectivity index (χ4n) is 5.83. The van der Waals surface area contributed by atoms with Crippen LogP contribution in [0.1, 0.15) is 51.1 Å². The minimum atomic E-state index is -0.571. The van der Waals surface area contributed by atoms with E-state index < -0.39 is 11.5 Å². The average Bonchev–Trinajstić information content (AvgIpc) is 3.49. The van der Waals surface area contributed by atoms with E-state index >= 15 is 0 Å². The van der Waals surface area contributed by atoms with Gasteiger partial charge in [0.1, 0.15) is 17.9 Å². The van der Waals surface area contributed by atoms with Gasteiger partial charge in [-0.25, -0.2) is 4.98 Å². The lowest BCUT2D eigenvalue weighted by atomic mass is 9.60. The minimum absolute atomic E-state index is 0.182. The van der Waals surface area contributed by atoms with E-state index in [1.807, 2.05) is 44.2 Å². The number of rotatable bonds is 5. The molecule has 1 aromatic heterocycles. The normalized spacial score (nSPS) is 27.1. The summed E-state index contributed by atoms with van der Waals surface area (Å²) in [4.78, 5) is 36.5. The third-order valence-corrected chi connectivity index (χ3v) is 8.09. The first kappa shape index (κ1) is 22.2. The molecule has 3 aliphatic heterocycles. The number of H-pyrrole nitrogens is 1. The monoisotopic (exact) mass is 457 g/mol. The SMILES string of the molecule is C=CC(C)(C)c1[nH]cnc1/C=C1/NC(=O)C2CC3(C(C)(C)C=C)c4ccccc4NC3N2C1=O. The number of anilines is 1. The molecule has 0 bridgehead atoms. The second kappa shape index (κ2) is 7.19. The maximum absolute atomic E-state index is 13.9. The summed E-state index contributed by atoms with van der Waals surface area (Å²) in [5.74, 6) is -0.402. The van der Waals surface area contributed by atoms with Gasteiger partial charge in [0.2, 0.25) is 5.91 Å². The van der Waals surface area contributed by atoms with E-state index in [0.29, 0.717) is 12.1 Å². The van der Waals surface area contributed by atoms with Crippen LogP contribution < -0.4 is 10.6 Å². The summed E-state index contributed by atoms with van der Waals surface area (Å²) in [7, 11) is 0. The Morgan fingerprint density at radius 2 is 1.88 bits per heavy atom. The van der Waals surface area contributed by atoms with Gasteiger partial charge in [-0.2, -0.15) is 0 Å². The molecule has 4 heterocycles. The van der Waals surface area contributed by atoms with Crippen LogP contribution in [-0.2, 0) is 20.4 Å². The van der Waals surface area contributed by atoms with Crippen molar-refractivity contribution in [1.82, 2.24) is 20.2 Å². The summed E-state index contributed by atoms with van der Waals surface area (Å²) >= 11 is 0. The van der Waals surface area contributed by atoms with Crippen LogP contribution in [-0.4, -0.2) is 38.9 Å². The van der Waals surface area contributed by atoms with E-state index in [-0.39, 0.29) is 34.5 Å². The zero-order chi connectivity index (χ0) is 24.5. The van der Waals surface area contributed by atoms with Gasteiger partial charge in [0.15, 0.2) is 0 Å². The second-order valence-corrected chi connectivity index (χ2v) is 10.6. The number of aromatic nitrogens is 2. The molecular weight excluding hydrogens is 426 g/mol. The molecule has 7 heteroatoms. The lowest BCUT2D eigenvalue weighted by molar-refractivity contribution is -0.141. The minimum Gasteiger partial charge on any atom is -0.364 e. The molecule has 3 unspecified atom stereocenters. The van der Waals surface area contributed by atoms with Gasteiger partial charge < -0.3 is 20.5 Å². The summed E-state index contributed by atoms with van der Waals surface area (Å²) in [6.45, 7) is 16.3. The number of hydrogen-bond acceptors (Lipinski definition) is 4. The highest BCUT2D eigenvalue weighted by Gasteiger charge is 2.66. The first-order valence-electron chi connectivity index (χ1n) is 11.6. The van der Waals surface area contributed by atoms with Gasteiger partial charge in [0.25, 0.3) is 5.91 Å². The largest absolute Gasteiger partial charge is 0.364 e. The zero-order valence-electron chi connectivity index (χ0n) is 20.1. The number of aromatic amines is 1. The van der Waals surface area contributed by atoms with Crippen molar-refractivity contribution in [3.05, 3.63) is 78.6 Å². The molecule has 0 radical (unpaired) electrons. The van der Waals surface area contributed by atoms with Crippen molar-refractivity contribution in [2.24, 2.45) is 5.41 Å². The number of piperazine rings is 1. The third kappa shape index (κ3) is 2.79. The van der Waals surface area contributed by atoms with Crippen LogP contribution in [0.2, 0.25) is 0 Å². The summed E-state index contributed by atoms with van der Waals surface area (Å²) in [5, 5.41) is 6.44. The number of fused-ring (bicyclic) bond motifs is 5. The van der Waals surface area contributed by atoms with Crippen LogP contribution in [0.3, 0.4) is 0 Å². The lowest BCUT2D eigenvalue weighted by Crippen LogP contribution is -2.59. The first-order valence-corrected chi connectivity index (χ1v) is 11.6. The van der Waals surface area contributed by atoms with Crippen molar-refractivity contribution in [3.63, 3.8) is 0 Å². The maximum Gasteiger partial charge on any atom is 0.272 e. The predicted octanol–water partition coefficient (Wildman–Crippen LogP) is 3.85. The summed E-state index contributed by atoms with van der Waals surface area (Å²) in [5.41, 5.74) is 2.53. The second-order valence-electron chi connectivity index (χ2n) is 10.6. The molecule has 34 heavy (non-hydrogen) atoms. The smallest absolute Gasteiger partial charge is 0.272 e. The van der Waals surface area contributed by atoms with Crippen LogP contribution in [0.5, 0.6) is 0 Å². The number of carbonyl (C=O) groups excluding carboxylic acids is 2. The highest BCUT2D eigenvalue weighted by Crippen LogP contribution is 2.60. The molecule has 7 nitrogen and oxygen atoms in total. The molecular formula is C27H31N5O2. The molecule has 0 spiro atoms. The van der Waals surface area contributed by atoms with E-state index in [1.54, 1.807) is 17.3 Å². The number of carbonyl (C=O) groups is 2. The molecule has 2 saturated heterocycles. The molecule has 2 amide bonds. The molecule has 5 rings (SSSR count). The number of nitrogens with one attached hydrogen (secondary N) is 3. The third-order valence-electron chi connectivity index (χ3n) is 8.09. The van der Waals surface area contributed by atoms with E-state index in [2.05, 4.69) is 53.7 Å². The van der Waals surface area contributed by atoms with Crippen molar-refractivity contribution in [2.75, 3.05) is 5.32 Å². The molecule has 2 aromatic rings. The Kier molecular flexibility index (Phi) is 4.70. The fraction of sp³-hybridized carbons (Fsp3) is 0.370. The standard InChI is InChI=1S/C27H31N5O2/c1-7-25(3,4)21-18(28-15-29-21)13-19-23(34)32-20(22(33)30-19)14-27(26(5,6)8-2)16-11-9-10-12-17(16)31-24(27)32/h7-13,15,20,24,31H,1-2,14H2,3-6H3,(H,28,29)(H,30,33)/b19-13+. The molecule has 1 aromatic carbocycles. The van der Waals surface area contributed by atoms with Gasteiger partial charge in [-0.05, 0) is 29.5 Å². The molecule has 3 N–H and O–H groups in total. The van der Waals surface area contributed by atoms with E-state index in [1.165, 1.54) is 0 Å². The van der Waals surface area contributed by atoms with Crippen molar-refractivity contribution in [1.29, 1.82) is 0 Å². The number of nitrogens with zero attached hydrogens (tertiary/aromatic N) is 2. The Bertz CT molecular complexity index is 1250. The zero-order valence-corrected chi connectivity index (χ0v) is 20.1. The summed E-state index contributed by atoms with van der Waals surface area (Å²) < 4.78 is 0. The van der Waals surface area contributed by atoms with Crippen LogP contribution >= 0.6 is 0 Å². The number of amides is 2. The highest BCUT2D eigenvalue weighted by atomic mass is 16.2. The Labute approximate surface area is 200 Å². The molecule has 0 saturated carbocycles. The van der Waals surface area contributed by atoms with Crippen LogP contribution in [0.25, 0.3) is 6.08 Å². The van der Waals surface area contributed by atoms with E-state index in [4.69, 9.17) is 0 Å². The predicted molar refractivity (Wildman–Crippen MR) is 133 cm³/mol. The number of para-hydroxylation sites is 1. The van der Waals surface area contributed by atoms with E-state index in [0.717, 1.165) is 16.9 Å². The van der Waals surface area contributed by atoms with Gasteiger partial charge in [-0.15, -0.1) is 13.2 Å². The number of benzene rings is 1. The van der Waals surface area contributed by atoms with Crippen LogP contribution in [0.4, 0.5) is 5.69 Å². The van der Waals surface area contributed by atoms with Crippen molar-refractivity contribution in [2.45, 2.75) is 57.2 Å². The van der Waals surface area contributed by atoms with Crippen LogP contribution in [0, 0.1) is 5.41 Å². The lowest BCUT2D eigenvalue weighted by Gasteiger charge is -2.43. The highest BCUT2D eigenvalue weighted by molar-refractivity contribution is 6.08. The van der Waals surface area contributed by atoms with E-state index in [9.17, 15) is 9.59 Å². The van der Waals surface area contributed by atoms with Gasteiger partial charge in [-0.1, -0.05) is 58.0 Å².